The first-order valence-electron chi connectivity index (χ1n) is 0.924. The van der Waals surface area contributed by atoms with Crippen molar-refractivity contribution in [3.05, 3.63) is 0 Å². The first-order valence-corrected chi connectivity index (χ1v) is 2.77. The molecule has 1 N–H and O–H groups in total. The Bertz CT molecular complexity index is 98.1. The summed E-state index contributed by atoms with van der Waals surface area (Å²) in [4.78, 5) is 0. The maximum Gasteiger partial charge on any atom is 0.261 e. The maximum absolute atomic E-state index is 9.19. The molecule has 42 valence electrons. The van der Waals surface area contributed by atoms with Gasteiger partial charge in [0.15, 0.2) is 0 Å². The van der Waals surface area contributed by atoms with Gasteiger partial charge in [-0.3, -0.25) is 9.26 Å². The summed E-state index contributed by atoms with van der Waals surface area (Å²) in [5, 5.41) is 0. The molecule has 7 heavy (non-hydrogen) atoms. The van der Waals surface area contributed by atoms with Crippen LogP contribution in [0.5, 0.6) is 0 Å². The summed E-state index contributed by atoms with van der Waals surface area (Å²) in [5.41, 5.74) is 0. The van der Waals surface area contributed by atoms with Crippen LogP contribution in [-0.4, -0.2) is 19.2 Å². The van der Waals surface area contributed by atoms with Crippen molar-refractivity contribution in [1.29, 1.82) is 0 Å². The molecule has 0 aromatic heterocycles. The van der Waals surface area contributed by atoms with Crippen LogP contribution in [-0.2, 0) is 29.6 Å². The van der Waals surface area contributed by atoms with E-state index in [-0.39, 0.29) is 24.2 Å². The predicted molar refractivity (Wildman–Crippen MR) is 20.0 cm³/mol. The van der Waals surface area contributed by atoms with Crippen molar-refractivity contribution in [2.24, 2.45) is 0 Å². The normalized spacial score (nSPS) is 8.29. The predicted octanol–water partition coefficient (Wildman–Crippen LogP) is -0.346. The van der Waals surface area contributed by atoms with Gasteiger partial charge in [0.1, 0.15) is 0 Å². The Morgan fingerprint density at radius 2 is 1.43 bits per heavy atom. The van der Waals surface area contributed by atoms with Gasteiger partial charge in [0.05, 0.1) is 6.26 Å². The van der Waals surface area contributed by atoms with E-state index >= 15 is 0 Å². The van der Waals surface area contributed by atoms with E-state index in [2.05, 4.69) is 0 Å². The number of halogens is 1. The van der Waals surface area contributed by atoms with Crippen molar-refractivity contribution < 1.29 is 37.2 Å². The molecule has 0 amide bonds. The van der Waals surface area contributed by atoms with Crippen molar-refractivity contribution in [2.45, 2.75) is 0 Å². The molecule has 0 radical (unpaired) electrons. The molecule has 0 aromatic rings. The van der Waals surface area contributed by atoms with Crippen LogP contribution >= 0.6 is 0 Å². The summed E-state index contributed by atoms with van der Waals surface area (Å²) < 4.78 is 25.9. The van der Waals surface area contributed by atoms with Crippen molar-refractivity contribution in [2.75, 3.05) is 6.26 Å². The molecule has 0 saturated carbocycles. The van der Waals surface area contributed by atoms with E-state index in [1.54, 1.807) is 0 Å². The molecular weight excluding hydrogens is 176 g/mol. The number of hydrogen-bond donors (Lipinski definition) is 1. The number of hydrogen-bond acceptors (Lipinski definition) is 2. The van der Waals surface area contributed by atoms with Gasteiger partial charge in [-0.05, 0) is 0 Å². The van der Waals surface area contributed by atoms with Crippen molar-refractivity contribution in [3.8, 4) is 0 Å². The van der Waals surface area contributed by atoms with Crippen LogP contribution in [0.3, 0.4) is 0 Å². The van der Waals surface area contributed by atoms with E-state index in [1.165, 1.54) is 0 Å². The molecule has 0 saturated heterocycles. The number of rotatable bonds is 0. The molecule has 0 unspecified atom stereocenters. The van der Waals surface area contributed by atoms with Crippen LogP contribution in [0.25, 0.3) is 0 Å². The van der Waals surface area contributed by atoms with E-state index in [0.717, 1.165) is 0 Å². The van der Waals surface area contributed by atoms with Crippen molar-refractivity contribution in [1.82, 2.24) is 0 Å². The van der Waals surface area contributed by atoms with Crippen LogP contribution in [0, 0.1) is 0 Å². The minimum Gasteiger partial charge on any atom is -0.286 e. The largest absolute Gasteiger partial charge is 0.286 e. The summed E-state index contributed by atoms with van der Waals surface area (Å²) in [6.45, 7) is 0. The summed E-state index contributed by atoms with van der Waals surface area (Å²) in [6.07, 6.45) is 0.715. The molecule has 0 aliphatic heterocycles. The van der Waals surface area contributed by atoms with Gasteiger partial charge in [0.2, 0.25) is 0 Å². The zero-order valence-electron chi connectivity index (χ0n) is 3.79. The Kier molecular flexibility index (Phi) is 10.3. The fourth-order valence-electron chi connectivity index (χ4n) is 0. The first-order chi connectivity index (χ1) is 2.00. The molecule has 6 heteroatoms. The quantitative estimate of drug-likeness (QED) is 0.411. The van der Waals surface area contributed by atoms with E-state index in [1.807, 2.05) is 0 Å². The second-order valence-electron chi connectivity index (χ2n) is 0.733. The molecule has 0 atom stereocenters. The standard InChI is InChI=1S/CH4O3S.FH.Zn/c1-5(2,3)4;;/h1H3,(H,2,3,4);1H;. The van der Waals surface area contributed by atoms with Crippen molar-refractivity contribution >= 4 is 10.1 Å². The van der Waals surface area contributed by atoms with Crippen LogP contribution in [0.15, 0.2) is 0 Å². The van der Waals surface area contributed by atoms with Gasteiger partial charge in [0, 0.05) is 19.5 Å². The minimum atomic E-state index is -3.67. The van der Waals surface area contributed by atoms with Gasteiger partial charge in [-0.25, -0.2) is 0 Å². The smallest absolute Gasteiger partial charge is 0.261 e. The van der Waals surface area contributed by atoms with Gasteiger partial charge in [-0.2, -0.15) is 8.42 Å². The average Bonchev–Trinajstić information content (AvgIpc) is 0.722. The molecule has 0 rings (SSSR count). The van der Waals surface area contributed by atoms with Crippen LogP contribution in [0.4, 0.5) is 4.70 Å². The van der Waals surface area contributed by atoms with Crippen LogP contribution in [0.2, 0.25) is 0 Å². The third kappa shape index (κ3) is 600. The van der Waals surface area contributed by atoms with Crippen LogP contribution in [0.1, 0.15) is 0 Å². The molecule has 0 spiro atoms. The van der Waals surface area contributed by atoms with Gasteiger partial charge >= 0.3 is 0 Å². The molecule has 0 aliphatic rings. The zero-order valence-corrected chi connectivity index (χ0v) is 7.57. The Morgan fingerprint density at radius 3 is 1.43 bits per heavy atom. The minimum absolute atomic E-state index is 0. The van der Waals surface area contributed by atoms with Crippen LogP contribution < -0.4 is 0 Å². The Morgan fingerprint density at radius 1 is 1.43 bits per heavy atom. The Hall–Kier alpha value is 0.463. The average molecular weight is 182 g/mol. The fraction of sp³-hybridized carbons (Fsp3) is 1.00. The Balaban J connectivity index is -0.0000000800. The SMILES string of the molecule is CS(=O)(=O)O.F.[Zn]. The Labute approximate surface area is 54.0 Å². The second-order valence-corrected chi connectivity index (χ2v) is 2.20. The van der Waals surface area contributed by atoms with E-state index < -0.39 is 10.1 Å². The molecule has 0 aliphatic carbocycles. The summed E-state index contributed by atoms with van der Waals surface area (Å²) in [7, 11) is -3.67. The topological polar surface area (TPSA) is 54.4 Å². The summed E-state index contributed by atoms with van der Waals surface area (Å²) in [5.74, 6) is 0. The summed E-state index contributed by atoms with van der Waals surface area (Å²) in [6, 6.07) is 0. The molecular formula is CH5FO3SZn. The van der Waals surface area contributed by atoms with Gasteiger partial charge in [-0.15, -0.1) is 0 Å². The fourth-order valence-corrected chi connectivity index (χ4v) is 0. The van der Waals surface area contributed by atoms with E-state index in [4.69, 9.17) is 4.55 Å². The molecule has 0 bridgehead atoms. The zero-order chi connectivity index (χ0) is 4.50. The monoisotopic (exact) mass is 180 g/mol. The second kappa shape index (κ2) is 4.62. The third-order valence-electron chi connectivity index (χ3n) is 0. The molecule has 0 fully saturated rings. The van der Waals surface area contributed by atoms with Crippen molar-refractivity contribution in [3.63, 3.8) is 0 Å². The van der Waals surface area contributed by atoms with Gasteiger partial charge < -0.3 is 0 Å². The van der Waals surface area contributed by atoms with Gasteiger partial charge in [0.25, 0.3) is 10.1 Å². The molecule has 3 nitrogen and oxygen atoms in total. The molecule has 0 aromatic carbocycles. The van der Waals surface area contributed by atoms with Gasteiger partial charge in [-0.1, -0.05) is 0 Å². The van der Waals surface area contributed by atoms with E-state index in [9.17, 15) is 8.42 Å². The summed E-state index contributed by atoms with van der Waals surface area (Å²) >= 11 is 0. The molecule has 0 heterocycles. The third-order valence-corrected chi connectivity index (χ3v) is 0. The maximum atomic E-state index is 9.19. The first kappa shape index (κ1) is 15.7. The van der Waals surface area contributed by atoms with E-state index in [0.29, 0.717) is 6.26 Å².